The lowest BCUT2D eigenvalue weighted by Crippen LogP contribution is -2.44. The highest BCUT2D eigenvalue weighted by molar-refractivity contribution is 9.09. The van der Waals surface area contributed by atoms with Gasteiger partial charge in [-0.05, 0) is 29.9 Å². The number of carbonyl (C=O) groups is 1. The van der Waals surface area contributed by atoms with Gasteiger partial charge in [-0.15, -0.1) is 0 Å². The number of rotatable bonds is 4. The first kappa shape index (κ1) is 13.5. The molecule has 20 heavy (non-hydrogen) atoms. The molecule has 1 aromatic carbocycles. The van der Waals surface area contributed by atoms with E-state index in [1.807, 2.05) is 0 Å². The van der Waals surface area contributed by atoms with E-state index in [1.54, 1.807) is 11.0 Å². The van der Waals surface area contributed by atoms with Crippen molar-refractivity contribution >= 4 is 33.2 Å². The van der Waals surface area contributed by atoms with Gasteiger partial charge in [-0.2, -0.15) is 0 Å². The first-order valence-corrected chi connectivity index (χ1v) is 7.80. The molecule has 0 spiro atoms. The van der Waals surface area contributed by atoms with Gasteiger partial charge < -0.3 is 4.90 Å². The summed E-state index contributed by atoms with van der Waals surface area (Å²) in [6, 6.07) is 4.71. The largest absolute Gasteiger partial charge is 0.311 e. The lowest BCUT2D eigenvalue weighted by Gasteiger charge is -2.43. The molecule has 2 aliphatic rings. The smallest absolute Gasteiger partial charge is 0.269 e. The van der Waals surface area contributed by atoms with Crippen molar-refractivity contribution in [1.29, 1.82) is 0 Å². The lowest BCUT2D eigenvalue weighted by molar-refractivity contribution is -0.384. The Balaban J connectivity index is 1.88. The lowest BCUT2D eigenvalue weighted by atomic mass is 9.70. The van der Waals surface area contributed by atoms with E-state index in [-0.39, 0.29) is 23.4 Å². The molecule has 0 atom stereocenters. The number of amides is 1. The van der Waals surface area contributed by atoms with Crippen molar-refractivity contribution in [1.82, 2.24) is 0 Å². The van der Waals surface area contributed by atoms with E-state index in [9.17, 15) is 14.9 Å². The number of alkyl halides is 1. The summed E-state index contributed by atoms with van der Waals surface area (Å²) >= 11 is 3.55. The van der Waals surface area contributed by atoms with Crippen LogP contribution >= 0.6 is 15.9 Å². The number of hydrogen-bond acceptors (Lipinski definition) is 3. The minimum atomic E-state index is -0.417. The van der Waals surface area contributed by atoms with Crippen LogP contribution in [-0.2, 0) is 11.2 Å². The number of non-ortho nitro benzene ring substituents is 1. The fourth-order valence-corrected chi connectivity index (χ4v) is 3.74. The monoisotopic (exact) mass is 338 g/mol. The fraction of sp³-hybridized carbons (Fsp3) is 0.500. The van der Waals surface area contributed by atoms with Gasteiger partial charge in [0, 0.05) is 29.7 Å². The van der Waals surface area contributed by atoms with E-state index in [0.29, 0.717) is 6.54 Å². The molecule has 1 fully saturated rings. The number of nitro benzene ring substituents is 1. The zero-order valence-corrected chi connectivity index (χ0v) is 12.6. The first-order chi connectivity index (χ1) is 9.54. The summed E-state index contributed by atoms with van der Waals surface area (Å²) in [4.78, 5) is 24.4. The third kappa shape index (κ3) is 2.12. The highest BCUT2D eigenvalue weighted by Crippen LogP contribution is 2.45. The van der Waals surface area contributed by atoms with Crippen LogP contribution in [0, 0.1) is 15.5 Å². The van der Waals surface area contributed by atoms with Crippen molar-refractivity contribution in [2.24, 2.45) is 5.41 Å². The quantitative estimate of drug-likeness (QED) is 0.481. The molecule has 1 heterocycles. The molecule has 1 amide bonds. The highest BCUT2D eigenvalue weighted by Gasteiger charge is 2.41. The summed E-state index contributed by atoms with van der Waals surface area (Å²) in [6.07, 6.45) is 3.74. The Labute approximate surface area is 125 Å². The molecule has 0 unspecified atom stereocenters. The van der Waals surface area contributed by atoms with Gasteiger partial charge in [0.1, 0.15) is 0 Å². The van der Waals surface area contributed by atoms with Crippen molar-refractivity contribution in [2.45, 2.75) is 25.7 Å². The second kappa shape index (κ2) is 4.84. The summed E-state index contributed by atoms with van der Waals surface area (Å²) in [5.41, 5.74) is 1.84. The van der Waals surface area contributed by atoms with Crippen LogP contribution in [0.15, 0.2) is 18.2 Å². The van der Waals surface area contributed by atoms with E-state index < -0.39 is 4.92 Å². The van der Waals surface area contributed by atoms with Gasteiger partial charge in [-0.25, -0.2) is 0 Å². The molecule has 0 radical (unpaired) electrons. The Kier molecular flexibility index (Phi) is 3.28. The molecule has 0 saturated heterocycles. The van der Waals surface area contributed by atoms with E-state index in [0.717, 1.165) is 29.4 Å². The Morgan fingerprint density at radius 1 is 1.40 bits per heavy atom. The summed E-state index contributed by atoms with van der Waals surface area (Å²) < 4.78 is 0. The van der Waals surface area contributed by atoms with Gasteiger partial charge in [0.05, 0.1) is 11.3 Å². The second-order valence-corrected chi connectivity index (χ2v) is 6.27. The molecule has 1 aliphatic carbocycles. The summed E-state index contributed by atoms with van der Waals surface area (Å²) in [5.74, 6) is 0.0488. The van der Waals surface area contributed by atoms with Crippen LogP contribution in [-0.4, -0.2) is 22.7 Å². The van der Waals surface area contributed by atoms with Crippen LogP contribution in [0.2, 0.25) is 0 Å². The molecule has 5 nitrogen and oxygen atoms in total. The molecule has 0 N–H and O–H groups in total. The minimum Gasteiger partial charge on any atom is -0.311 e. The average molecular weight is 339 g/mol. The predicted molar refractivity (Wildman–Crippen MR) is 79.2 cm³/mol. The van der Waals surface area contributed by atoms with Crippen LogP contribution < -0.4 is 4.90 Å². The molecular formula is C14H15BrN2O3. The number of nitro groups is 1. The molecule has 1 saturated carbocycles. The average Bonchev–Trinajstić information content (AvgIpc) is 2.68. The van der Waals surface area contributed by atoms with E-state index in [1.165, 1.54) is 18.6 Å². The van der Waals surface area contributed by atoms with Gasteiger partial charge in [-0.1, -0.05) is 22.4 Å². The molecule has 1 aliphatic heterocycles. The number of hydrogen-bond donors (Lipinski definition) is 0. The van der Waals surface area contributed by atoms with Crippen LogP contribution in [0.3, 0.4) is 0 Å². The van der Waals surface area contributed by atoms with Gasteiger partial charge in [-0.3, -0.25) is 14.9 Å². The fourth-order valence-electron chi connectivity index (χ4n) is 3.00. The number of nitrogens with zero attached hydrogens (tertiary/aromatic N) is 2. The van der Waals surface area contributed by atoms with E-state index in [4.69, 9.17) is 0 Å². The normalized spacial score (nSPS) is 19.6. The summed E-state index contributed by atoms with van der Waals surface area (Å²) in [5, 5.41) is 11.7. The van der Waals surface area contributed by atoms with Gasteiger partial charge in [0.25, 0.3) is 5.69 Å². The molecular weight excluding hydrogens is 324 g/mol. The molecule has 0 aromatic heterocycles. The Morgan fingerprint density at radius 3 is 2.70 bits per heavy atom. The van der Waals surface area contributed by atoms with Gasteiger partial charge in [0.2, 0.25) is 5.91 Å². The van der Waals surface area contributed by atoms with Crippen LogP contribution in [0.25, 0.3) is 0 Å². The van der Waals surface area contributed by atoms with Gasteiger partial charge >= 0.3 is 0 Å². The maximum absolute atomic E-state index is 12.2. The van der Waals surface area contributed by atoms with Crippen molar-refractivity contribution in [3.63, 3.8) is 0 Å². The first-order valence-electron chi connectivity index (χ1n) is 6.68. The van der Waals surface area contributed by atoms with Crippen molar-refractivity contribution < 1.29 is 9.72 Å². The predicted octanol–water partition coefficient (Wildman–Crippen LogP) is 3.05. The van der Waals surface area contributed by atoms with E-state index >= 15 is 0 Å². The number of fused-ring (bicyclic) bond motifs is 1. The van der Waals surface area contributed by atoms with Crippen molar-refractivity contribution in [2.75, 3.05) is 16.8 Å². The standard InChI is InChI=1S/C14H15BrN2O3/c15-8-14(4-1-5-14)9-16-12-3-2-11(17(19)20)6-10(12)7-13(16)18/h2-3,6H,1,4-5,7-9H2. The Hall–Kier alpha value is -1.43. The molecule has 1 aromatic rings. The number of carbonyl (C=O) groups excluding carboxylic acids is 1. The number of halogens is 1. The zero-order valence-electron chi connectivity index (χ0n) is 11.0. The molecule has 106 valence electrons. The van der Waals surface area contributed by atoms with Gasteiger partial charge in [0.15, 0.2) is 0 Å². The topological polar surface area (TPSA) is 63.4 Å². The molecule has 3 rings (SSSR count). The third-order valence-corrected chi connectivity index (χ3v) is 5.59. The van der Waals surface area contributed by atoms with Crippen LogP contribution in [0.4, 0.5) is 11.4 Å². The van der Waals surface area contributed by atoms with E-state index in [2.05, 4.69) is 15.9 Å². The number of anilines is 1. The Bertz CT molecular complexity index is 578. The second-order valence-electron chi connectivity index (χ2n) is 5.71. The highest BCUT2D eigenvalue weighted by atomic mass is 79.9. The van der Waals surface area contributed by atoms with Crippen molar-refractivity contribution in [3.05, 3.63) is 33.9 Å². The molecule has 0 bridgehead atoms. The minimum absolute atomic E-state index is 0.0488. The zero-order chi connectivity index (χ0) is 14.3. The molecule has 6 heteroatoms. The van der Waals surface area contributed by atoms with Crippen LogP contribution in [0.5, 0.6) is 0 Å². The third-order valence-electron chi connectivity index (χ3n) is 4.40. The summed E-state index contributed by atoms with van der Waals surface area (Å²) in [7, 11) is 0. The maximum Gasteiger partial charge on any atom is 0.269 e. The summed E-state index contributed by atoms with van der Waals surface area (Å²) in [6.45, 7) is 0.710. The SMILES string of the molecule is O=C1Cc2cc([N+](=O)[O-])ccc2N1CC1(CBr)CCC1. The van der Waals surface area contributed by atoms with Crippen molar-refractivity contribution in [3.8, 4) is 0 Å². The Morgan fingerprint density at radius 2 is 2.15 bits per heavy atom. The van der Waals surface area contributed by atoms with Crippen LogP contribution in [0.1, 0.15) is 24.8 Å². The number of benzene rings is 1. The maximum atomic E-state index is 12.2.